The van der Waals surface area contributed by atoms with Gasteiger partial charge >= 0.3 is 8.25 Å². The molecule has 176 valence electrons. The summed E-state index contributed by atoms with van der Waals surface area (Å²) in [7, 11) is -2.45. The van der Waals surface area contributed by atoms with Crippen molar-refractivity contribution < 1.29 is 13.6 Å². The Balaban J connectivity index is 2.27. The van der Waals surface area contributed by atoms with Crippen LogP contribution in [0.1, 0.15) is 64.5 Å². The van der Waals surface area contributed by atoms with Gasteiger partial charge < -0.3 is 11.5 Å². The summed E-state index contributed by atoms with van der Waals surface area (Å²) in [6.07, 6.45) is 1.40. The maximum absolute atomic E-state index is 13.1. The smallest absolute Gasteiger partial charge is 0.319 e. The van der Waals surface area contributed by atoms with Crippen molar-refractivity contribution >= 4 is 40.1 Å². The molecule has 2 aromatic carbocycles. The minimum absolute atomic E-state index is 0.496. The fourth-order valence-corrected chi connectivity index (χ4v) is 6.61. The average molecular weight is 589 g/mol. The highest BCUT2D eigenvalue weighted by Gasteiger charge is 2.46. The van der Waals surface area contributed by atoms with Gasteiger partial charge in [0.15, 0.2) is 0 Å². The zero-order valence-corrected chi connectivity index (χ0v) is 23.3. The van der Waals surface area contributed by atoms with Crippen molar-refractivity contribution in [2.24, 2.45) is 11.5 Å². The van der Waals surface area contributed by atoms with Crippen LogP contribution in [-0.2, 0) is 24.7 Å². The first-order valence-corrected chi connectivity index (χ1v) is 13.7. The zero-order valence-electron chi connectivity index (χ0n) is 19.2. The number of halogens is 2. The summed E-state index contributed by atoms with van der Waals surface area (Å²) in [5, 5.41) is 0. The Morgan fingerprint density at radius 2 is 1.12 bits per heavy atom. The molecule has 4 atom stereocenters. The molecule has 5 nitrogen and oxygen atoms in total. The molecule has 8 heteroatoms. The lowest BCUT2D eigenvalue weighted by Gasteiger charge is -2.35. The van der Waals surface area contributed by atoms with Gasteiger partial charge in [0.05, 0.1) is 11.1 Å². The summed E-state index contributed by atoms with van der Waals surface area (Å²) in [6.45, 7) is 7.95. The standard InChI is InChI=1S/C24H34Br2N2O3P/c1-5-21(23(27,7-3)17-13-9-11-15-19(17)25)30-32(29)31-22(6-2)24(28,8-4)18-14-10-12-16-20(18)26/h9-16,21-22H,5-8,27-28H2,1-4H3/q+1. The van der Waals surface area contributed by atoms with Gasteiger partial charge in [-0.1, -0.05) is 96.0 Å². The van der Waals surface area contributed by atoms with E-state index in [1.165, 1.54) is 0 Å². The molecular weight excluding hydrogens is 555 g/mol. The van der Waals surface area contributed by atoms with Gasteiger partial charge in [-0.05, 0) is 48.9 Å². The molecule has 0 spiro atoms. The molecule has 0 saturated carbocycles. The van der Waals surface area contributed by atoms with Crippen molar-refractivity contribution in [1.82, 2.24) is 0 Å². The third kappa shape index (κ3) is 5.87. The van der Waals surface area contributed by atoms with Crippen LogP contribution < -0.4 is 11.5 Å². The van der Waals surface area contributed by atoms with Gasteiger partial charge in [0, 0.05) is 13.5 Å². The monoisotopic (exact) mass is 587 g/mol. The Kier molecular flexibility index (Phi) is 10.5. The Bertz CT molecular complexity index is 845. The number of benzene rings is 2. The van der Waals surface area contributed by atoms with E-state index in [1.807, 2.05) is 76.2 Å². The summed E-state index contributed by atoms with van der Waals surface area (Å²) in [6, 6.07) is 15.6. The van der Waals surface area contributed by atoms with Crippen LogP contribution >= 0.6 is 40.1 Å². The van der Waals surface area contributed by atoms with Crippen LogP contribution in [-0.4, -0.2) is 12.2 Å². The molecule has 32 heavy (non-hydrogen) atoms. The normalized spacial score (nSPS) is 17.8. The Morgan fingerprint density at radius 3 is 1.41 bits per heavy atom. The molecule has 0 aliphatic heterocycles. The zero-order chi connectivity index (χ0) is 23.9. The third-order valence-electron chi connectivity index (χ3n) is 6.24. The number of hydrogen-bond acceptors (Lipinski definition) is 5. The second-order valence-electron chi connectivity index (χ2n) is 7.98. The average Bonchev–Trinajstić information content (AvgIpc) is 2.80. The van der Waals surface area contributed by atoms with Crippen molar-refractivity contribution in [1.29, 1.82) is 0 Å². The lowest BCUT2D eigenvalue weighted by Crippen LogP contribution is -2.49. The summed E-state index contributed by atoms with van der Waals surface area (Å²) in [5.41, 5.74) is 13.9. The molecule has 0 aromatic heterocycles. The third-order valence-corrected chi connectivity index (χ3v) is 8.47. The van der Waals surface area contributed by atoms with Crippen molar-refractivity contribution in [3.63, 3.8) is 0 Å². The molecule has 0 aliphatic carbocycles. The van der Waals surface area contributed by atoms with Gasteiger partial charge in [0.2, 0.25) is 0 Å². The fourth-order valence-electron chi connectivity index (χ4n) is 4.16. The first kappa shape index (κ1) is 27.6. The van der Waals surface area contributed by atoms with Gasteiger partial charge in [0.25, 0.3) is 0 Å². The van der Waals surface area contributed by atoms with E-state index in [0.717, 1.165) is 20.1 Å². The Morgan fingerprint density at radius 1 is 0.781 bits per heavy atom. The largest absolute Gasteiger partial charge is 0.698 e. The van der Waals surface area contributed by atoms with Crippen molar-refractivity contribution in [2.75, 3.05) is 0 Å². The molecule has 0 fully saturated rings. The molecule has 4 N–H and O–H groups in total. The maximum atomic E-state index is 13.1. The maximum Gasteiger partial charge on any atom is 0.698 e. The van der Waals surface area contributed by atoms with Crippen LogP contribution in [0.2, 0.25) is 0 Å². The first-order valence-electron chi connectivity index (χ1n) is 11.1. The molecule has 0 amide bonds. The van der Waals surface area contributed by atoms with Gasteiger partial charge in [-0.3, -0.25) is 0 Å². The van der Waals surface area contributed by atoms with E-state index < -0.39 is 31.5 Å². The second kappa shape index (κ2) is 12.2. The van der Waals surface area contributed by atoms with Crippen LogP contribution in [0, 0.1) is 0 Å². The van der Waals surface area contributed by atoms with Crippen LogP contribution in [0.4, 0.5) is 0 Å². The number of rotatable bonds is 12. The summed E-state index contributed by atoms with van der Waals surface area (Å²) in [4.78, 5) is 0. The minimum Gasteiger partial charge on any atom is -0.319 e. The number of nitrogens with two attached hydrogens (primary N) is 2. The van der Waals surface area contributed by atoms with Crippen LogP contribution in [0.3, 0.4) is 0 Å². The van der Waals surface area contributed by atoms with Crippen LogP contribution in [0.25, 0.3) is 0 Å². The van der Waals surface area contributed by atoms with Gasteiger partial charge in [-0.25, -0.2) is 0 Å². The molecule has 0 radical (unpaired) electrons. The minimum atomic E-state index is -2.45. The quantitative estimate of drug-likeness (QED) is 0.254. The van der Waals surface area contributed by atoms with E-state index in [9.17, 15) is 4.57 Å². The molecule has 0 saturated heterocycles. The van der Waals surface area contributed by atoms with Crippen LogP contribution in [0.15, 0.2) is 57.5 Å². The first-order chi connectivity index (χ1) is 15.2. The molecular formula is C24H34Br2N2O3P+. The second-order valence-corrected chi connectivity index (χ2v) is 10.6. The predicted octanol–water partition coefficient (Wildman–Crippen LogP) is 7.29. The van der Waals surface area contributed by atoms with Gasteiger partial charge in [-0.15, -0.1) is 9.05 Å². The summed E-state index contributed by atoms with van der Waals surface area (Å²) < 4.78 is 26.9. The lowest BCUT2D eigenvalue weighted by atomic mass is 9.82. The van der Waals surface area contributed by atoms with Gasteiger partial charge in [0.1, 0.15) is 12.2 Å². The van der Waals surface area contributed by atoms with E-state index in [0.29, 0.717) is 25.7 Å². The molecule has 2 rings (SSSR count). The summed E-state index contributed by atoms with van der Waals surface area (Å²) in [5.74, 6) is 0. The van der Waals surface area contributed by atoms with E-state index in [1.54, 1.807) is 0 Å². The van der Waals surface area contributed by atoms with E-state index in [-0.39, 0.29) is 0 Å². The van der Waals surface area contributed by atoms with E-state index in [4.69, 9.17) is 20.5 Å². The fraction of sp³-hybridized carbons (Fsp3) is 0.500. The highest BCUT2D eigenvalue weighted by Crippen LogP contribution is 2.43. The van der Waals surface area contributed by atoms with Crippen molar-refractivity contribution in [3.05, 3.63) is 68.6 Å². The highest BCUT2D eigenvalue weighted by atomic mass is 79.9. The van der Waals surface area contributed by atoms with Crippen LogP contribution in [0.5, 0.6) is 0 Å². The molecule has 0 aliphatic rings. The topological polar surface area (TPSA) is 87.6 Å². The van der Waals surface area contributed by atoms with E-state index in [2.05, 4.69) is 31.9 Å². The Labute approximate surface area is 209 Å². The predicted molar refractivity (Wildman–Crippen MR) is 139 cm³/mol. The molecule has 0 bridgehead atoms. The van der Waals surface area contributed by atoms with Gasteiger partial charge in [-0.2, -0.15) is 0 Å². The van der Waals surface area contributed by atoms with Crippen molar-refractivity contribution in [2.45, 2.75) is 76.7 Å². The summed E-state index contributed by atoms with van der Waals surface area (Å²) >= 11 is 7.19. The van der Waals surface area contributed by atoms with Crippen molar-refractivity contribution in [3.8, 4) is 0 Å². The number of hydrogen-bond donors (Lipinski definition) is 2. The highest BCUT2D eigenvalue weighted by molar-refractivity contribution is 9.10. The molecule has 2 aromatic rings. The molecule has 0 heterocycles. The SMILES string of the molecule is CCC(O[P+](=O)OC(CC)C(N)(CC)c1ccccc1Br)C(N)(CC)c1ccccc1Br. The molecule has 4 unspecified atom stereocenters. The lowest BCUT2D eigenvalue weighted by molar-refractivity contribution is 0.0463. The Hall–Kier alpha value is -0.660. The van der Waals surface area contributed by atoms with E-state index >= 15 is 0 Å².